The molecule has 3 aromatic rings. The highest BCUT2D eigenvalue weighted by Crippen LogP contribution is 2.48. The van der Waals surface area contributed by atoms with Gasteiger partial charge in [0.2, 0.25) is 17.4 Å². The topological polar surface area (TPSA) is 101 Å². The number of carbonyl (C=O) groups excluding carboxylic acids is 1. The molecule has 5 rings (SSSR count). The number of hydrogen-bond donors (Lipinski definition) is 1. The van der Waals surface area contributed by atoms with Gasteiger partial charge in [0.1, 0.15) is 0 Å². The predicted molar refractivity (Wildman–Crippen MR) is 85.5 cm³/mol. The van der Waals surface area contributed by atoms with Gasteiger partial charge >= 0.3 is 5.97 Å². The van der Waals surface area contributed by atoms with Crippen LogP contribution in [-0.2, 0) is 15.3 Å². The van der Waals surface area contributed by atoms with Crippen LogP contribution in [0.1, 0.15) is 12.8 Å². The summed E-state index contributed by atoms with van der Waals surface area (Å²) in [7, 11) is 0. The van der Waals surface area contributed by atoms with Crippen molar-refractivity contribution in [2.75, 3.05) is 4.90 Å². The van der Waals surface area contributed by atoms with Gasteiger partial charge < -0.3 is 9.52 Å². The number of amides is 1. The van der Waals surface area contributed by atoms with E-state index in [-0.39, 0.29) is 24.6 Å². The normalized spacial score (nSPS) is 21.0. The van der Waals surface area contributed by atoms with E-state index in [0.717, 1.165) is 0 Å². The maximum Gasteiger partial charge on any atom is 0.353 e. The maximum atomic E-state index is 12.5. The van der Waals surface area contributed by atoms with Crippen molar-refractivity contribution in [3.05, 3.63) is 42.7 Å². The molecule has 8 nitrogen and oxygen atoms in total. The Labute approximate surface area is 141 Å². The average Bonchev–Trinajstić information content (AvgIpc) is 3.33. The van der Waals surface area contributed by atoms with E-state index in [1.807, 2.05) is 6.07 Å². The Balaban J connectivity index is 1.86. The van der Waals surface area contributed by atoms with Crippen LogP contribution in [0.4, 0.5) is 5.69 Å². The summed E-state index contributed by atoms with van der Waals surface area (Å²) >= 11 is 0. The lowest BCUT2D eigenvalue weighted by molar-refractivity contribution is -0.148. The molecule has 1 aromatic carbocycles. The van der Waals surface area contributed by atoms with E-state index >= 15 is 0 Å². The van der Waals surface area contributed by atoms with E-state index in [4.69, 9.17) is 4.42 Å². The van der Waals surface area contributed by atoms with Gasteiger partial charge in [0.25, 0.3) is 0 Å². The van der Waals surface area contributed by atoms with Crippen molar-refractivity contribution in [2.24, 2.45) is 0 Å². The van der Waals surface area contributed by atoms with Gasteiger partial charge in [-0.3, -0.25) is 9.69 Å². The van der Waals surface area contributed by atoms with Gasteiger partial charge in [-0.15, -0.1) is 5.10 Å². The lowest BCUT2D eigenvalue weighted by Crippen LogP contribution is -2.56. The lowest BCUT2D eigenvalue weighted by atomic mass is 10.0. The fourth-order valence-corrected chi connectivity index (χ4v) is 3.65. The summed E-state index contributed by atoms with van der Waals surface area (Å²) in [5.74, 6) is -0.233. The van der Waals surface area contributed by atoms with Crippen molar-refractivity contribution in [1.82, 2.24) is 14.8 Å². The summed E-state index contributed by atoms with van der Waals surface area (Å²) in [6, 6.07) is 10.6. The summed E-state index contributed by atoms with van der Waals surface area (Å²) in [4.78, 5) is 30.6. The molecular formula is C17H12N4O4. The molecular weight excluding hydrogens is 324 g/mol. The third-order valence-corrected chi connectivity index (χ3v) is 4.73. The predicted octanol–water partition coefficient (Wildman–Crippen LogP) is 2.08. The van der Waals surface area contributed by atoms with E-state index in [0.29, 0.717) is 22.8 Å². The number of carbonyl (C=O) groups is 2. The first-order valence-corrected chi connectivity index (χ1v) is 7.80. The molecule has 1 fully saturated rings. The van der Waals surface area contributed by atoms with Gasteiger partial charge in [-0.05, 0) is 24.3 Å². The van der Waals surface area contributed by atoms with E-state index in [1.54, 1.807) is 30.3 Å². The molecule has 0 bridgehead atoms. The molecule has 1 atom stereocenters. The van der Waals surface area contributed by atoms with Crippen molar-refractivity contribution in [2.45, 2.75) is 18.5 Å². The minimum atomic E-state index is -1.60. The van der Waals surface area contributed by atoms with Crippen LogP contribution in [0.25, 0.3) is 23.0 Å². The van der Waals surface area contributed by atoms with Crippen LogP contribution in [-0.4, -0.2) is 31.7 Å². The Morgan fingerprint density at radius 3 is 2.84 bits per heavy atom. The standard InChI is InChI=1S/C17H12N4O4/c22-13-7-8-17(16(23)24)20(13)11-5-2-1-4-10(11)15-18-14(19-21(15)17)12-6-3-9-25-12/h1-6,9H,7-8H2,(H,23,24)/t17-/m0/s1. The van der Waals surface area contributed by atoms with Gasteiger partial charge in [0.15, 0.2) is 11.6 Å². The smallest absolute Gasteiger partial charge is 0.353 e. The van der Waals surface area contributed by atoms with E-state index in [9.17, 15) is 14.7 Å². The Hall–Kier alpha value is -3.42. The van der Waals surface area contributed by atoms with Crippen LogP contribution in [0.15, 0.2) is 47.1 Å². The number of carboxylic acids is 1. The highest BCUT2D eigenvalue weighted by atomic mass is 16.4. The maximum absolute atomic E-state index is 12.5. The summed E-state index contributed by atoms with van der Waals surface area (Å²) in [6.45, 7) is 0. The van der Waals surface area contributed by atoms with Crippen LogP contribution < -0.4 is 4.90 Å². The number of aliphatic carboxylic acids is 1. The molecule has 0 unspecified atom stereocenters. The number of aromatic nitrogens is 3. The molecule has 8 heteroatoms. The van der Waals surface area contributed by atoms with Gasteiger partial charge in [0.05, 0.1) is 12.0 Å². The summed E-state index contributed by atoms with van der Waals surface area (Å²) in [5.41, 5.74) is -0.392. The highest BCUT2D eigenvalue weighted by molar-refractivity contribution is 6.07. The molecule has 25 heavy (non-hydrogen) atoms. The van der Waals surface area contributed by atoms with Crippen molar-refractivity contribution < 1.29 is 19.1 Å². The van der Waals surface area contributed by atoms with E-state index < -0.39 is 11.6 Å². The van der Waals surface area contributed by atoms with Gasteiger partial charge in [0, 0.05) is 18.4 Å². The summed E-state index contributed by atoms with van der Waals surface area (Å²) in [5, 5.41) is 14.4. The number of para-hydroxylation sites is 1. The number of rotatable bonds is 2. The summed E-state index contributed by atoms with van der Waals surface area (Å²) in [6.07, 6.45) is 1.77. The zero-order valence-corrected chi connectivity index (χ0v) is 12.9. The zero-order chi connectivity index (χ0) is 17.2. The van der Waals surface area contributed by atoms with Crippen molar-refractivity contribution in [3.8, 4) is 23.0 Å². The van der Waals surface area contributed by atoms with Crippen LogP contribution in [0, 0.1) is 0 Å². The Kier molecular flexibility index (Phi) is 2.55. The molecule has 124 valence electrons. The number of benzene rings is 1. The van der Waals surface area contributed by atoms with Crippen molar-refractivity contribution in [3.63, 3.8) is 0 Å². The van der Waals surface area contributed by atoms with Gasteiger partial charge in [-0.25, -0.2) is 14.5 Å². The van der Waals surface area contributed by atoms with E-state index in [2.05, 4.69) is 10.1 Å². The molecule has 0 saturated carbocycles. The number of fused-ring (bicyclic) bond motifs is 6. The second kappa shape index (κ2) is 4.56. The third kappa shape index (κ3) is 1.60. The molecule has 1 saturated heterocycles. The molecule has 0 aliphatic carbocycles. The SMILES string of the molecule is O=C1CC[C@]2(C(=O)O)N1c1ccccc1-c1nc(-c3ccco3)nn12. The number of furan rings is 1. The minimum Gasteiger partial charge on any atom is -0.478 e. The first kappa shape index (κ1) is 14.0. The average molecular weight is 336 g/mol. The Morgan fingerprint density at radius 2 is 2.08 bits per heavy atom. The number of anilines is 1. The zero-order valence-electron chi connectivity index (χ0n) is 12.9. The van der Waals surface area contributed by atoms with Crippen LogP contribution in [0.5, 0.6) is 0 Å². The Bertz CT molecular complexity index is 1020. The second-order valence-corrected chi connectivity index (χ2v) is 6.02. The number of hydrogen-bond acceptors (Lipinski definition) is 5. The molecule has 4 heterocycles. The van der Waals surface area contributed by atoms with Crippen molar-refractivity contribution >= 4 is 17.6 Å². The third-order valence-electron chi connectivity index (χ3n) is 4.73. The number of nitrogens with zero attached hydrogens (tertiary/aromatic N) is 4. The first-order chi connectivity index (χ1) is 12.1. The molecule has 0 radical (unpaired) electrons. The molecule has 2 aliphatic rings. The second-order valence-electron chi connectivity index (χ2n) is 6.02. The monoisotopic (exact) mass is 336 g/mol. The molecule has 1 amide bonds. The van der Waals surface area contributed by atoms with E-state index in [1.165, 1.54) is 15.8 Å². The lowest BCUT2D eigenvalue weighted by Gasteiger charge is -2.39. The quantitative estimate of drug-likeness (QED) is 0.769. The molecule has 2 aromatic heterocycles. The van der Waals surface area contributed by atoms with Crippen LogP contribution >= 0.6 is 0 Å². The minimum absolute atomic E-state index is 0.128. The molecule has 0 spiro atoms. The molecule has 1 N–H and O–H groups in total. The van der Waals surface area contributed by atoms with Crippen LogP contribution in [0.3, 0.4) is 0 Å². The highest BCUT2D eigenvalue weighted by Gasteiger charge is 2.58. The number of carboxylic acid groups (broad SMARTS) is 1. The van der Waals surface area contributed by atoms with Gasteiger partial charge in [-0.1, -0.05) is 12.1 Å². The van der Waals surface area contributed by atoms with Crippen molar-refractivity contribution in [1.29, 1.82) is 0 Å². The van der Waals surface area contributed by atoms with Gasteiger partial charge in [-0.2, -0.15) is 0 Å². The fourth-order valence-electron chi connectivity index (χ4n) is 3.65. The molecule has 2 aliphatic heterocycles. The summed E-state index contributed by atoms with van der Waals surface area (Å²) < 4.78 is 6.69. The Morgan fingerprint density at radius 1 is 1.24 bits per heavy atom. The fraction of sp³-hybridized carbons (Fsp3) is 0.176. The first-order valence-electron chi connectivity index (χ1n) is 7.80. The van der Waals surface area contributed by atoms with Crippen LogP contribution in [0.2, 0.25) is 0 Å². The largest absolute Gasteiger partial charge is 0.478 e.